The summed E-state index contributed by atoms with van der Waals surface area (Å²) < 4.78 is 0. The van der Waals surface area contributed by atoms with Gasteiger partial charge in [0.25, 0.3) is 0 Å². The summed E-state index contributed by atoms with van der Waals surface area (Å²) in [6, 6.07) is 0. The number of carboxylic acids is 1. The molecule has 1 aliphatic rings. The van der Waals surface area contributed by atoms with Crippen molar-refractivity contribution in [2.75, 3.05) is 13.6 Å². The molecule has 1 N–H and O–H groups in total. The number of carboxylic acid groups (broad SMARTS) is 1. The SMILES string of the molecule is CN(Cc1cscn1)CC1(C(=O)O)CCCC1. The Bertz CT molecular complexity index is 372. The van der Waals surface area contributed by atoms with Gasteiger partial charge in [-0.05, 0) is 19.9 Å². The molecule has 1 aromatic heterocycles. The first-order chi connectivity index (χ1) is 8.12. The Morgan fingerprint density at radius 3 is 2.82 bits per heavy atom. The third-order valence-corrected chi connectivity index (χ3v) is 4.14. The Hall–Kier alpha value is -0.940. The van der Waals surface area contributed by atoms with Gasteiger partial charge >= 0.3 is 5.97 Å². The van der Waals surface area contributed by atoms with Crippen LogP contribution in [-0.4, -0.2) is 34.6 Å². The minimum Gasteiger partial charge on any atom is -0.481 e. The molecule has 0 aliphatic heterocycles. The van der Waals surface area contributed by atoms with Crippen LogP contribution in [0, 0.1) is 5.41 Å². The van der Waals surface area contributed by atoms with Gasteiger partial charge in [0, 0.05) is 18.5 Å². The Labute approximate surface area is 105 Å². The molecule has 0 amide bonds. The smallest absolute Gasteiger partial charge is 0.310 e. The van der Waals surface area contributed by atoms with E-state index in [0.717, 1.165) is 37.9 Å². The first-order valence-electron chi connectivity index (χ1n) is 5.91. The fourth-order valence-corrected chi connectivity index (χ4v) is 3.21. The fourth-order valence-electron chi connectivity index (χ4n) is 2.66. The van der Waals surface area contributed by atoms with E-state index in [4.69, 9.17) is 0 Å². The molecule has 17 heavy (non-hydrogen) atoms. The van der Waals surface area contributed by atoms with Crippen LogP contribution in [-0.2, 0) is 11.3 Å². The van der Waals surface area contributed by atoms with E-state index in [2.05, 4.69) is 9.88 Å². The zero-order valence-electron chi connectivity index (χ0n) is 10.1. The molecule has 1 fully saturated rings. The largest absolute Gasteiger partial charge is 0.481 e. The molecule has 0 saturated heterocycles. The Balaban J connectivity index is 1.96. The van der Waals surface area contributed by atoms with Crippen molar-refractivity contribution in [3.63, 3.8) is 0 Å². The molecule has 0 aromatic carbocycles. The summed E-state index contributed by atoms with van der Waals surface area (Å²) in [5.41, 5.74) is 2.31. The van der Waals surface area contributed by atoms with Gasteiger partial charge in [-0.1, -0.05) is 12.8 Å². The minimum atomic E-state index is -0.639. The van der Waals surface area contributed by atoms with E-state index in [1.807, 2.05) is 17.9 Å². The molecule has 0 atom stereocenters. The predicted molar refractivity (Wildman–Crippen MR) is 67.0 cm³/mol. The van der Waals surface area contributed by atoms with E-state index >= 15 is 0 Å². The number of carbonyl (C=O) groups is 1. The summed E-state index contributed by atoms with van der Waals surface area (Å²) in [5, 5.41) is 11.4. The maximum atomic E-state index is 11.4. The van der Waals surface area contributed by atoms with Gasteiger partial charge in [-0.25, -0.2) is 4.98 Å². The van der Waals surface area contributed by atoms with Gasteiger partial charge in [0.1, 0.15) is 0 Å². The third-order valence-electron chi connectivity index (χ3n) is 3.50. The zero-order valence-corrected chi connectivity index (χ0v) is 10.9. The first-order valence-corrected chi connectivity index (χ1v) is 6.86. The van der Waals surface area contributed by atoms with Gasteiger partial charge in [-0.15, -0.1) is 11.3 Å². The third kappa shape index (κ3) is 2.84. The quantitative estimate of drug-likeness (QED) is 0.875. The summed E-state index contributed by atoms with van der Waals surface area (Å²) in [7, 11) is 1.97. The van der Waals surface area contributed by atoms with Crippen LogP contribution in [0.1, 0.15) is 31.4 Å². The van der Waals surface area contributed by atoms with Crippen molar-refractivity contribution < 1.29 is 9.90 Å². The molecule has 0 spiro atoms. The van der Waals surface area contributed by atoms with E-state index in [-0.39, 0.29) is 0 Å². The standard InChI is InChI=1S/C12H18N2O2S/c1-14(6-10-7-17-9-13-10)8-12(11(15)16)4-2-3-5-12/h7,9H,2-6,8H2,1H3,(H,15,16). The highest BCUT2D eigenvalue weighted by atomic mass is 32.1. The van der Waals surface area contributed by atoms with Gasteiger partial charge in [-0.3, -0.25) is 9.69 Å². The normalized spacial score (nSPS) is 18.7. The lowest BCUT2D eigenvalue weighted by molar-refractivity contribution is -0.149. The van der Waals surface area contributed by atoms with Crippen LogP contribution in [0.3, 0.4) is 0 Å². The van der Waals surface area contributed by atoms with E-state index < -0.39 is 11.4 Å². The average molecular weight is 254 g/mol. The number of thiazole rings is 1. The number of hydrogen-bond donors (Lipinski definition) is 1. The van der Waals surface area contributed by atoms with Crippen LogP contribution in [0.15, 0.2) is 10.9 Å². The van der Waals surface area contributed by atoms with Crippen molar-refractivity contribution in [1.82, 2.24) is 9.88 Å². The summed E-state index contributed by atoms with van der Waals surface area (Å²) in [5.74, 6) is -0.639. The average Bonchev–Trinajstić information content (AvgIpc) is 2.89. The second-order valence-corrected chi connectivity index (χ2v) is 5.66. The lowest BCUT2D eigenvalue weighted by atomic mass is 9.86. The molecule has 1 saturated carbocycles. The lowest BCUT2D eigenvalue weighted by Gasteiger charge is -2.29. The van der Waals surface area contributed by atoms with Crippen molar-refractivity contribution >= 4 is 17.3 Å². The van der Waals surface area contributed by atoms with Crippen molar-refractivity contribution in [3.05, 3.63) is 16.6 Å². The molecule has 1 aromatic rings. The highest BCUT2D eigenvalue weighted by Gasteiger charge is 2.41. The Morgan fingerprint density at radius 1 is 1.59 bits per heavy atom. The zero-order chi connectivity index (χ0) is 12.3. The Morgan fingerprint density at radius 2 is 2.29 bits per heavy atom. The summed E-state index contributed by atoms with van der Waals surface area (Å²) in [6.07, 6.45) is 3.70. The fraction of sp³-hybridized carbons (Fsp3) is 0.667. The van der Waals surface area contributed by atoms with Gasteiger partial charge in [0.2, 0.25) is 0 Å². The maximum Gasteiger partial charge on any atom is 0.310 e. The van der Waals surface area contributed by atoms with Crippen LogP contribution in [0.2, 0.25) is 0 Å². The number of rotatable bonds is 5. The molecule has 1 heterocycles. The van der Waals surface area contributed by atoms with Gasteiger partial charge in [0.15, 0.2) is 0 Å². The van der Waals surface area contributed by atoms with Crippen LogP contribution < -0.4 is 0 Å². The molecule has 1 aliphatic carbocycles. The number of hydrogen-bond acceptors (Lipinski definition) is 4. The van der Waals surface area contributed by atoms with Crippen molar-refractivity contribution in [2.45, 2.75) is 32.2 Å². The molecule has 0 radical (unpaired) electrons. The molecule has 2 rings (SSSR count). The second kappa shape index (κ2) is 5.14. The van der Waals surface area contributed by atoms with Crippen molar-refractivity contribution in [2.24, 2.45) is 5.41 Å². The topological polar surface area (TPSA) is 53.4 Å². The van der Waals surface area contributed by atoms with E-state index in [1.54, 1.807) is 11.3 Å². The van der Waals surface area contributed by atoms with Crippen LogP contribution >= 0.6 is 11.3 Å². The van der Waals surface area contributed by atoms with Crippen molar-refractivity contribution in [1.29, 1.82) is 0 Å². The summed E-state index contributed by atoms with van der Waals surface area (Å²) >= 11 is 1.58. The van der Waals surface area contributed by atoms with Crippen molar-refractivity contribution in [3.8, 4) is 0 Å². The molecule has 0 unspecified atom stereocenters. The molecular weight excluding hydrogens is 236 g/mol. The molecule has 4 nitrogen and oxygen atoms in total. The van der Waals surface area contributed by atoms with Crippen LogP contribution in [0.25, 0.3) is 0 Å². The van der Waals surface area contributed by atoms with Crippen LogP contribution in [0.4, 0.5) is 0 Å². The molecule has 5 heteroatoms. The monoisotopic (exact) mass is 254 g/mol. The number of aromatic nitrogens is 1. The number of aliphatic carboxylic acids is 1. The second-order valence-electron chi connectivity index (χ2n) is 4.94. The van der Waals surface area contributed by atoms with Gasteiger partial charge in [-0.2, -0.15) is 0 Å². The maximum absolute atomic E-state index is 11.4. The first kappa shape index (κ1) is 12.5. The highest BCUT2D eigenvalue weighted by molar-refractivity contribution is 7.07. The minimum absolute atomic E-state index is 0.523. The van der Waals surface area contributed by atoms with Crippen LogP contribution in [0.5, 0.6) is 0 Å². The Kier molecular flexibility index (Phi) is 3.79. The van der Waals surface area contributed by atoms with Gasteiger partial charge in [0.05, 0.1) is 16.6 Å². The van der Waals surface area contributed by atoms with E-state index in [9.17, 15) is 9.90 Å². The predicted octanol–water partition coefficient (Wildman–Crippen LogP) is 2.22. The molecular formula is C12H18N2O2S. The lowest BCUT2D eigenvalue weighted by Crippen LogP contribution is -2.39. The molecule has 94 valence electrons. The van der Waals surface area contributed by atoms with E-state index in [1.165, 1.54) is 0 Å². The number of nitrogens with zero attached hydrogens (tertiary/aromatic N) is 2. The highest BCUT2D eigenvalue weighted by Crippen LogP contribution is 2.39. The molecule has 0 bridgehead atoms. The van der Waals surface area contributed by atoms with E-state index in [0.29, 0.717) is 6.54 Å². The summed E-state index contributed by atoms with van der Waals surface area (Å²) in [4.78, 5) is 17.7. The summed E-state index contributed by atoms with van der Waals surface area (Å²) in [6.45, 7) is 1.36. The van der Waals surface area contributed by atoms with Gasteiger partial charge < -0.3 is 5.11 Å².